The van der Waals surface area contributed by atoms with Gasteiger partial charge in [-0.25, -0.2) is 0 Å². The summed E-state index contributed by atoms with van der Waals surface area (Å²) < 4.78 is 5.46. The minimum atomic E-state index is 0.115. The Hall–Kier alpha value is -2.39. The maximum atomic E-state index is 9.34. The van der Waals surface area contributed by atoms with Crippen LogP contribution in [0.2, 0.25) is 0 Å². The average Bonchev–Trinajstić information content (AvgIpc) is 2.97. The number of anilines is 1. The molecule has 1 aromatic carbocycles. The van der Waals surface area contributed by atoms with Crippen molar-refractivity contribution in [1.29, 1.82) is 5.26 Å². The van der Waals surface area contributed by atoms with E-state index in [4.69, 9.17) is 4.52 Å². The number of aromatic nitrogens is 2. The second-order valence-electron chi connectivity index (χ2n) is 6.48. The summed E-state index contributed by atoms with van der Waals surface area (Å²) in [4.78, 5) is 9.23. The molecule has 1 aromatic heterocycles. The molecule has 0 spiro atoms. The fourth-order valence-electron chi connectivity index (χ4n) is 3.33. The minimum Gasteiger partial charge on any atom is -0.369 e. The highest BCUT2D eigenvalue weighted by atomic mass is 16.5. The lowest BCUT2D eigenvalue weighted by molar-refractivity contribution is 0.184. The molecule has 6 nitrogen and oxygen atoms in total. The molecule has 0 aliphatic carbocycles. The van der Waals surface area contributed by atoms with E-state index in [9.17, 15) is 5.26 Å². The lowest BCUT2D eigenvalue weighted by Crippen LogP contribution is -2.33. The Bertz CT molecular complexity index is 735. The van der Waals surface area contributed by atoms with Crippen molar-refractivity contribution in [1.82, 2.24) is 15.0 Å². The van der Waals surface area contributed by atoms with E-state index in [0.717, 1.165) is 62.5 Å². The normalized spacial score (nSPS) is 17.1. The molecule has 1 aliphatic heterocycles. The van der Waals surface area contributed by atoms with E-state index in [-0.39, 0.29) is 6.04 Å². The molecule has 1 atom stereocenters. The quantitative estimate of drug-likeness (QED) is 0.833. The number of para-hydroxylation sites is 1. The standard InChI is InChI=1S/C19H25N5O/c1-3-7-18-21-19(25-22-18)15(2)23-10-6-11-24(13-12-23)17-9-5-4-8-16(17)14-20/h4-5,8-9,15H,3,6-7,10-13H2,1-2H3/t15-/m0/s1. The van der Waals surface area contributed by atoms with Crippen LogP contribution in [0.1, 0.15) is 50.0 Å². The van der Waals surface area contributed by atoms with Gasteiger partial charge in [0.1, 0.15) is 6.07 Å². The lowest BCUT2D eigenvalue weighted by Gasteiger charge is -2.26. The average molecular weight is 339 g/mol. The van der Waals surface area contributed by atoms with Crippen molar-refractivity contribution in [3.8, 4) is 6.07 Å². The molecule has 0 bridgehead atoms. The van der Waals surface area contributed by atoms with E-state index in [0.29, 0.717) is 5.89 Å². The van der Waals surface area contributed by atoms with Gasteiger partial charge in [0, 0.05) is 32.6 Å². The van der Waals surface area contributed by atoms with Crippen LogP contribution < -0.4 is 4.90 Å². The number of aryl methyl sites for hydroxylation is 1. The second kappa shape index (κ2) is 8.13. The summed E-state index contributed by atoms with van der Waals surface area (Å²) in [5.74, 6) is 1.50. The third-order valence-corrected chi connectivity index (χ3v) is 4.76. The van der Waals surface area contributed by atoms with Gasteiger partial charge in [-0.1, -0.05) is 24.2 Å². The highest BCUT2D eigenvalue weighted by Crippen LogP contribution is 2.24. The fourth-order valence-corrected chi connectivity index (χ4v) is 3.33. The van der Waals surface area contributed by atoms with E-state index in [2.05, 4.69) is 39.9 Å². The zero-order chi connectivity index (χ0) is 17.6. The summed E-state index contributed by atoms with van der Waals surface area (Å²) in [7, 11) is 0. The van der Waals surface area contributed by atoms with Crippen molar-refractivity contribution in [3.05, 3.63) is 41.5 Å². The molecule has 0 radical (unpaired) electrons. The number of rotatable bonds is 5. The van der Waals surface area contributed by atoms with Gasteiger partial charge in [-0.3, -0.25) is 4.90 Å². The smallest absolute Gasteiger partial charge is 0.243 e. The number of nitrogens with zero attached hydrogens (tertiary/aromatic N) is 5. The molecule has 0 unspecified atom stereocenters. The molecule has 1 saturated heterocycles. The van der Waals surface area contributed by atoms with Crippen molar-refractivity contribution < 1.29 is 4.52 Å². The summed E-state index contributed by atoms with van der Waals surface area (Å²) in [6.45, 7) is 7.97. The molecule has 0 N–H and O–H groups in total. The topological polar surface area (TPSA) is 69.2 Å². The zero-order valence-corrected chi connectivity index (χ0v) is 15.0. The summed E-state index contributed by atoms with van der Waals surface area (Å²) in [5.41, 5.74) is 1.77. The van der Waals surface area contributed by atoms with Crippen LogP contribution in [-0.4, -0.2) is 41.2 Å². The van der Waals surface area contributed by atoms with Crippen LogP contribution in [0.4, 0.5) is 5.69 Å². The monoisotopic (exact) mass is 339 g/mol. The third-order valence-electron chi connectivity index (χ3n) is 4.76. The third kappa shape index (κ3) is 3.99. The highest BCUT2D eigenvalue weighted by molar-refractivity contribution is 5.59. The summed E-state index contributed by atoms with van der Waals surface area (Å²) in [6, 6.07) is 10.2. The molecule has 6 heteroatoms. The molecule has 2 aromatic rings. The van der Waals surface area contributed by atoms with Gasteiger partial charge >= 0.3 is 0 Å². The Morgan fingerprint density at radius 3 is 2.88 bits per heavy atom. The van der Waals surface area contributed by atoms with Crippen LogP contribution in [0.3, 0.4) is 0 Å². The molecule has 0 amide bonds. The first-order valence-electron chi connectivity index (χ1n) is 9.03. The van der Waals surface area contributed by atoms with Gasteiger partial charge < -0.3 is 9.42 Å². The Labute approximate surface area is 149 Å². The van der Waals surface area contributed by atoms with E-state index >= 15 is 0 Å². The molecule has 2 heterocycles. The van der Waals surface area contributed by atoms with Gasteiger partial charge in [0.05, 0.1) is 17.3 Å². The van der Waals surface area contributed by atoms with Gasteiger partial charge in [-0.05, 0) is 31.9 Å². The number of hydrogen-bond acceptors (Lipinski definition) is 6. The fraction of sp³-hybridized carbons (Fsp3) is 0.526. The van der Waals surface area contributed by atoms with Gasteiger partial charge in [-0.15, -0.1) is 0 Å². The van der Waals surface area contributed by atoms with Crippen LogP contribution in [0.25, 0.3) is 0 Å². The Kier molecular flexibility index (Phi) is 5.67. The summed E-state index contributed by atoms with van der Waals surface area (Å²) in [6.07, 6.45) is 2.92. The van der Waals surface area contributed by atoms with E-state index in [1.807, 2.05) is 24.3 Å². The van der Waals surface area contributed by atoms with Crippen LogP contribution >= 0.6 is 0 Å². The summed E-state index contributed by atoms with van der Waals surface area (Å²) in [5, 5.41) is 13.4. The van der Waals surface area contributed by atoms with Crippen molar-refractivity contribution in [2.24, 2.45) is 0 Å². The minimum absolute atomic E-state index is 0.115. The first-order chi connectivity index (χ1) is 12.2. The lowest BCUT2D eigenvalue weighted by atomic mass is 10.1. The predicted octanol–water partition coefficient (Wildman–Crippen LogP) is 3.17. The van der Waals surface area contributed by atoms with Crippen LogP contribution in [0.15, 0.2) is 28.8 Å². The first kappa shape index (κ1) is 17.4. The number of nitriles is 1. The van der Waals surface area contributed by atoms with Crippen molar-refractivity contribution >= 4 is 5.69 Å². The number of benzene rings is 1. The van der Waals surface area contributed by atoms with Crippen LogP contribution in [-0.2, 0) is 6.42 Å². The van der Waals surface area contributed by atoms with Crippen molar-refractivity contribution in [2.45, 2.75) is 39.2 Å². The second-order valence-corrected chi connectivity index (χ2v) is 6.48. The largest absolute Gasteiger partial charge is 0.369 e. The molecule has 1 fully saturated rings. The Balaban J connectivity index is 1.67. The van der Waals surface area contributed by atoms with E-state index in [1.54, 1.807) is 0 Å². The van der Waals surface area contributed by atoms with Crippen LogP contribution in [0, 0.1) is 11.3 Å². The molecular weight excluding hydrogens is 314 g/mol. The molecule has 0 saturated carbocycles. The van der Waals surface area contributed by atoms with Gasteiger partial charge in [0.15, 0.2) is 5.82 Å². The van der Waals surface area contributed by atoms with E-state index in [1.165, 1.54) is 0 Å². The molecular formula is C19H25N5O. The predicted molar refractivity (Wildman–Crippen MR) is 96.3 cm³/mol. The van der Waals surface area contributed by atoms with Gasteiger partial charge in [0.2, 0.25) is 5.89 Å². The highest BCUT2D eigenvalue weighted by Gasteiger charge is 2.25. The first-order valence-corrected chi connectivity index (χ1v) is 9.03. The Morgan fingerprint density at radius 1 is 1.24 bits per heavy atom. The van der Waals surface area contributed by atoms with Gasteiger partial charge in [-0.2, -0.15) is 10.2 Å². The number of hydrogen-bond donors (Lipinski definition) is 0. The van der Waals surface area contributed by atoms with Crippen molar-refractivity contribution in [2.75, 3.05) is 31.1 Å². The summed E-state index contributed by atoms with van der Waals surface area (Å²) >= 11 is 0. The SMILES string of the molecule is CCCc1noc([C@H](C)N2CCCN(c3ccccc3C#N)CC2)n1. The zero-order valence-electron chi connectivity index (χ0n) is 15.0. The molecule has 1 aliphatic rings. The van der Waals surface area contributed by atoms with Crippen molar-refractivity contribution in [3.63, 3.8) is 0 Å². The maximum absolute atomic E-state index is 9.34. The Morgan fingerprint density at radius 2 is 2.08 bits per heavy atom. The van der Waals surface area contributed by atoms with E-state index < -0.39 is 0 Å². The molecule has 25 heavy (non-hydrogen) atoms. The van der Waals surface area contributed by atoms with Gasteiger partial charge in [0.25, 0.3) is 0 Å². The molecule has 132 valence electrons. The van der Waals surface area contributed by atoms with Crippen LogP contribution in [0.5, 0.6) is 0 Å². The maximum Gasteiger partial charge on any atom is 0.243 e. The molecule has 3 rings (SSSR count).